The van der Waals surface area contributed by atoms with Crippen molar-refractivity contribution < 1.29 is 4.39 Å². The van der Waals surface area contributed by atoms with E-state index in [-0.39, 0.29) is 11.7 Å². The van der Waals surface area contributed by atoms with E-state index in [2.05, 4.69) is 31.5 Å². The highest BCUT2D eigenvalue weighted by Crippen LogP contribution is 2.23. The van der Waals surface area contributed by atoms with Crippen molar-refractivity contribution in [2.45, 2.75) is 19.8 Å². The van der Waals surface area contributed by atoms with E-state index in [4.69, 9.17) is 0 Å². The Morgan fingerprint density at radius 1 is 1.38 bits per heavy atom. The molecule has 1 aromatic carbocycles. The molecule has 0 N–H and O–H groups in total. The summed E-state index contributed by atoms with van der Waals surface area (Å²) >= 11 is 3.35. The number of aromatic nitrogens is 4. The van der Waals surface area contributed by atoms with Crippen molar-refractivity contribution in [2.75, 3.05) is 0 Å². The van der Waals surface area contributed by atoms with Crippen LogP contribution in [0.4, 0.5) is 4.39 Å². The van der Waals surface area contributed by atoms with Gasteiger partial charge < -0.3 is 0 Å². The van der Waals surface area contributed by atoms with E-state index in [1.165, 1.54) is 16.8 Å². The van der Waals surface area contributed by atoms with Gasteiger partial charge in [0.15, 0.2) is 5.82 Å². The summed E-state index contributed by atoms with van der Waals surface area (Å²) in [4.78, 5) is 0. The molecule has 0 amide bonds. The van der Waals surface area contributed by atoms with Crippen molar-refractivity contribution >= 4 is 15.9 Å². The topological polar surface area (TPSA) is 43.6 Å². The molecule has 0 fully saturated rings. The second-order valence-electron chi connectivity index (χ2n) is 3.70. The van der Waals surface area contributed by atoms with Crippen LogP contribution in [-0.2, 0) is 0 Å². The molecule has 4 nitrogen and oxygen atoms in total. The molecule has 6 heteroatoms. The third-order valence-electron chi connectivity index (χ3n) is 2.15. The predicted octanol–water partition coefficient (Wildman–Crippen LogP) is 2.69. The first-order valence-corrected chi connectivity index (χ1v) is 5.62. The first-order valence-electron chi connectivity index (χ1n) is 4.83. The van der Waals surface area contributed by atoms with Gasteiger partial charge in [0.25, 0.3) is 0 Å². The van der Waals surface area contributed by atoms with Crippen LogP contribution in [0, 0.1) is 5.82 Å². The van der Waals surface area contributed by atoms with Crippen LogP contribution in [-0.4, -0.2) is 20.2 Å². The maximum Gasteiger partial charge on any atom is 0.159 e. The Balaban J connectivity index is 2.58. The van der Waals surface area contributed by atoms with E-state index < -0.39 is 0 Å². The maximum atomic E-state index is 13.2. The first kappa shape index (κ1) is 11.2. The molecule has 0 spiro atoms. The summed E-state index contributed by atoms with van der Waals surface area (Å²) in [5.41, 5.74) is 0.605. The van der Waals surface area contributed by atoms with Gasteiger partial charge in [0.1, 0.15) is 5.82 Å². The lowest BCUT2D eigenvalue weighted by Gasteiger charge is -2.08. The molecule has 0 aliphatic carbocycles. The molecule has 2 rings (SSSR count). The third kappa shape index (κ3) is 1.97. The Labute approximate surface area is 101 Å². The minimum atomic E-state index is -0.316. The van der Waals surface area contributed by atoms with Gasteiger partial charge in [-0.15, -0.1) is 5.10 Å². The zero-order valence-electron chi connectivity index (χ0n) is 8.85. The average molecular weight is 285 g/mol. The second-order valence-corrected chi connectivity index (χ2v) is 4.55. The lowest BCUT2D eigenvalue weighted by molar-refractivity contribution is 0.622. The smallest absolute Gasteiger partial charge is 0.159 e. The number of hydrogen-bond donors (Lipinski definition) is 0. The van der Waals surface area contributed by atoms with Gasteiger partial charge in [0, 0.05) is 16.5 Å². The lowest BCUT2D eigenvalue weighted by atomic mass is 10.2. The van der Waals surface area contributed by atoms with Gasteiger partial charge in [-0.2, -0.15) is 4.68 Å². The average Bonchev–Trinajstić information content (AvgIpc) is 2.70. The lowest BCUT2D eigenvalue weighted by Crippen LogP contribution is -2.05. The number of halogens is 2. The summed E-state index contributed by atoms with van der Waals surface area (Å²) in [5.74, 6) is 0.555. The van der Waals surface area contributed by atoms with Crippen molar-refractivity contribution in [2.24, 2.45) is 0 Å². The fourth-order valence-electron chi connectivity index (χ4n) is 1.37. The highest BCUT2D eigenvalue weighted by molar-refractivity contribution is 9.10. The van der Waals surface area contributed by atoms with Gasteiger partial charge in [-0.25, -0.2) is 4.39 Å². The standard InChI is InChI=1S/C10H10BrFN4/c1-6(2)10-13-14-15-16(10)9-5-7(12)3-4-8(9)11/h3-6H,1-2H3. The molecule has 0 saturated carbocycles. The molecule has 2 aromatic rings. The predicted molar refractivity (Wildman–Crippen MR) is 60.9 cm³/mol. The van der Waals surface area contributed by atoms with Crippen LogP contribution in [0.2, 0.25) is 0 Å². The summed E-state index contributed by atoms with van der Waals surface area (Å²) in [5, 5.41) is 11.4. The van der Waals surface area contributed by atoms with Crippen molar-refractivity contribution in [1.29, 1.82) is 0 Å². The normalized spacial score (nSPS) is 11.1. The van der Waals surface area contributed by atoms with Gasteiger partial charge >= 0.3 is 0 Å². The summed E-state index contributed by atoms with van der Waals surface area (Å²) in [6.07, 6.45) is 0. The number of rotatable bonds is 2. The molecule has 0 unspecified atom stereocenters. The minimum Gasteiger partial charge on any atom is -0.207 e. The summed E-state index contributed by atoms with van der Waals surface area (Å²) in [7, 11) is 0. The monoisotopic (exact) mass is 284 g/mol. The second kappa shape index (κ2) is 4.29. The van der Waals surface area contributed by atoms with Crippen LogP contribution in [0.25, 0.3) is 5.69 Å². The van der Waals surface area contributed by atoms with E-state index in [1.54, 1.807) is 6.07 Å². The molecule has 0 atom stereocenters. The van der Waals surface area contributed by atoms with E-state index >= 15 is 0 Å². The summed E-state index contributed by atoms with van der Waals surface area (Å²) in [6, 6.07) is 4.41. The van der Waals surface area contributed by atoms with Crippen molar-refractivity contribution in [1.82, 2.24) is 20.2 Å². The summed E-state index contributed by atoms with van der Waals surface area (Å²) < 4.78 is 15.5. The number of hydrogen-bond acceptors (Lipinski definition) is 3. The van der Waals surface area contributed by atoms with Crippen molar-refractivity contribution in [3.63, 3.8) is 0 Å². The molecule has 0 aliphatic heterocycles. The quantitative estimate of drug-likeness (QED) is 0.852. The Bertz CT molecular complexity index is 509. The Hall–Kier alpha value is -1.30. The van der Waals surface area contributed by atoms with Crippen LogP contribution in [0.3, 0.4) is 0 Å². The third-order valence-corrected chi connectivity index (χ3v) is 2.82. The zero-order valence-corrected chi connectivity index (χ0v) is 10.4. The van der Waals surface area contributed by atoms with Crippen LogP contribution in [0.5, 0.6) is 0 Å². The van der Waals surface area contributed by atoms with Gasteiger partial charge in [-0.1, -0.05) is 13.8 Å². The van der Waals surface area contributed by atoms with Crippen LogP contribution in [0.1, 0.15) is 25.6 Å². The highest BCUT2D eigenvalue weighted by atomic mass is 79.9. The molecular weight excluding hydrogens is 275 g/mol. The van der Waals surface area contributed by atoms with E-state index in [9.17, 15) is 4.39 Å². The first-order chi connectivity index (χ1) is 7.59. The molecule has 1 heterocycles. The van der Waals surface area contributed by atoms with Crippen LogP contribution in [0.15, 0.2) is 22.7 Å². The fraction of sp³-hybridized carbons (Fsp3) is 0.300. The summed E-state index contributed by atoms with van der Waals surface area (Å²) in [6.45, 7) is 3.96. The minimum absolute atomic E-state index is 0.171. The van der Waals surface area contributed by atoms with Crippen LogP contribution >= 0.6 is 15.9 Å². The maximum absolute atomic E-state index is 13.2. The molecule has 0 saturated heterocycles. The Kier molecular flexibility index (Phi) is 3.00. The van der Waals surface area contributed by atoms with Crippen molar-refractivity contribution in [3.8, 4) is 5.69 Å². The van der Waals surface area contributed by atoms with Crippen molar-refractivity contribution in [3.05, 3.63) is 34.3 Å². The van der Waals surface area contributed by atoms with E-state index in [1.807, 2.05) is 13.8 Å². The Morgan fingerprint density at radius 2 is 2.12 bits per heavy atom. The van der Waals surface area contributed by atoms with Gasteiger partial charge in [0.2, 0.25) is 0 Å². The largest absolute Gasteiger partial charge is 0.207 e. The highest BCUT2D eigenvalue weighted by Gasteiger charge is 2.14. The molecule has 0 aliphatic rings. The molecule has 0 bridgehead atoms. The zero-order chi connectivity index (χ0) is 11.7. The number of benzene rings is 1. The molecule has 84 valence electrons. The molecule has 16 heavy (non-hydrogen) atoms. The SMILES string of the molecule is CC(C)c1nnnn1-c1cc(F)ccc1Br. The molecule has 0 radical (unpaired) electrons. The Morgan fingerprint density at radius 3 is 2.81 bits per heavy atom. The number of nitrogens with zero attached hydrogens (tertiary/aromatic N) is 4. The van der Waals surface area contributed by atoms with Crippen LogP contribution < -0.4 is 0 Å². The fourth-order valence-corrected chi connectivity index (χ4v) is 1.79. The number of tetrazole rings is 1. The van der Waals surface area contributed by atoms with E-state index in [0.717, 1.165) is 4.47 Å². The van der Waals surface area contributed by atoms with E-state index in [0.29, 0.717) is 11.5 Å². The van der Waals surface area contributed by atoms with Gasteiger partial charge in [0.05, 0.1) is 5.69 Å². The van der Waals surface area contributed by atoms with Gasteiger partial charge in [-0.3, -0.25) is 0 Å². The molecule has 1 aromatic heterocycles. The van der Waals surface area contributed by atoms with Gasteiger partial charge in [-0.05, 0) is 38.5 Å². The molecular formula is C10H10BrFN4.